The molecule has 0 fully saturated rings. The van der Waals surface area contributed by atoms with Crippen LogP contribution in [0.2, 0.25) is 0 Å². The Kier molecular flexibility index (Phi) is 7.73. The third kappa shape index (κ3) is 5.33. The Labute approximate surface area is 154 Å². The molecule has 1 atom stereocenters. The minimum atomic E-state index is -0.0279. The molecule has 1 aliphatic heterocycles. The highest BCUT2D eigenvalue weighted by atomic mass is 127. The van der Waals surface area contributed by atoms with Gasteiger partial charge in [-0.2, -0.15) is 5.10 Å². The average molecular weight is 435 g/mol. The number of aromatic nitrogens is 3. The van der Waals surface area contributed by atoms with Gasteiger partial charge in [0.05, 0.1) is 6.04 Å². The normalized spacial score (nSPS) is 17.0. The number of amides is 1. The molecule has 0 aromatic carbocycles. The maximum absolute atomic E-state index is 11.7. The van der Waals surface area contributed by atoms with Crippen LogP contribution in [0.15, 0.2) is 4.99 Å². The van der Waals surface area contributed by atoms with Gasteiger partial charge in [0.2, 0.25) is 5.91 Å². The van der Waals surface area contributed by atoms with Gasteiger partial charge < -0.3 is 15.5 Å². The molecule has 1 amide bonds. The number of rotatable bonds is 4. The van der Waals surface area contributed by atoms with Crippen LogP contribution in [0.4, 0.5) is 0 Å². The molecular formula is C14H26IN7O. The first-order chi connectivity index (χ1) is 10.5. The lowest BCUT2D eigenvalue weighted by molar-refractivity contribution is -0.127. The summed E-state index contributed by atoms with van der Waals surface area (Å²) in [6.45, 7) is 5.66. The molecule has 23 heavy (non-hydrogen) atoms. The number of aryl methyl sites for hydroxylation is 2. The van der Waals surface area contributed by atoms with Gasteiger partial charge in [-0.15, -0.1) is 24.0 Å². The lowest BCUT2D eigenvalue weighted by atomic mass is 10.1. The number of nitrogens with zero attached hydrogens (tertiary/aromatic N) is 5. The molecule has 0 saturated carbocycles. The van der Waals surface area contributed by atoms with E-state index in [1.165, 1.54) is 4.90 Å². The molecule has 0 aliphatic carbocycles. The second-order valence-electron chi connectivity index (χ2n) is 5.56. The van der Waals surface area contributed by atoms with Gasteiger partial charge in [-0.3, -0.25) is 4.79 Å². The zero-order valence-electron chi connectivity index (χ0n) is 14.2. The van der Waals surface area contributed by atoms with Crippen molar-refractivity contribution in [3.63, 3.8) is 0 Å². The van der Waals surface area contributed by atoms with Crippen LogP contribution in [-0.2, 0) is 11.3 Å². The van der Waals surface area contributed by atoms with Crippen LogP contribution in [0.1, 0.15) is 37.5 Å². The van der Waals surface area contributed by atoms with Gasteiger partial charge in [-0.25, -0.2) is 14.7 Å². The third-order valence-corrected chi connectivity index (χ3v) is 3.51. The second kappa shape index (κ2) is 9.04. The van der Waals surface area contributed by atoms with Crippen molar-refractivity contribution in [3.8, 4) is 0 Å². The summed E-state index contributed by atoms with van der Waals surface area (Å²) in [6, 6.07) is 0.0715. The Morgan fingerprint density at radius 3 is 2.87 bits per heavy atom. The SMILES string of the molecule is CCNC(=NCC(=O)N(C)C)NC1CCCn2nc(C)nc21.I. The topological polar surface area (TPSA) is 87.4 Å². The largest absolute Gasteiger partial charge is 0.357 e. The zero-order valence-corrected chi connectivity index (χ0v) is 16.5. The minimum absolute atomic E-state index is 0. The van der Waals surface area contributed by atoms with Crippen molar-refractivity contribution in [2.75, 3.05) is 27.2 Å². The van der Waals surface area contributed by atoms with Crippen LogP contribution < -0.4 is 10.6 Å². The van der Waals surface area contributed by atoms with Crippen molar-refractivity contribution < 1.29 is 4.79 Å². The van der Waals surface area contributed by atoms with Gasteiger partial charge in [0.25, 0.3) is 0 Å². The summed E-state index contributed by atoms with van der Waals surface area (Å²) in [4.78, 5) is 22.1. The number of carbonyl (C=O) groups excluding carboxylic acids is 1. The molecule has 0 spiro atoms. The van der Waals surface area contributed by atoms with Gasteiger partial charge in [-0.1, -0.05) is 0 Å². The predicted molar refractivity (Wildman–Crippen MR) is 100.0 cm³/mol. The van der Waals surface area contributed by atoms with Crippen molar-refractivity contribution >= 4 is 35.8 Å². The monoisotopic (exact) mass is 435 g/mol. The molecule has 2 heterocycles. The molecule has 1 aromatic rings. The Morgan fingerprint density at radius 1 is 1.48 bits per heavy atom. The standard InChI is InChI=1S/C14H25N7O.HI/c1-5-15-14(16-9-12(22)20(3)4)18-11-7-6-8-21-13(11)17-10(2)19-21;/h11H,5-9H2,1-4H3,(H2,15,16,18);1H. The molecular weight excluding hydrogens is 409 g/mol. The summed E-state index contributed by atoms with van der Waals surface area (Å²) in [5.41, 5.74) is 0. The molecule has 2 rings (SSSR count). The van der Waals surface area contributed by atoms with Gasteiger partial charge in [0.15, 0.2) is 5.96 Å². The lowest BCUT2D eigenvalue weighted by Crippen LogP contribution is -2.42. The Hall–Kier alpha value is -1.39. The van der Waals surface area contributed by atoms with Gasteiger partial charge in [0, 0.05) is 27.2 Å². The summed E-state index contributed by atoms with van der Waals surface area (Å²) >= 11 is 0. The van der Waals surface area contributed by atoms with Crippen LogP contribution in [0.3, 0.4) is 0 Å². The molecule has 0 radical (unpaired) electrons. The fraction of sp³-hybridized carbons (Fsp3) is 0.714. The number of carbonyl (C=O) groups is 1. The van der Waals surface area contributed by atoms with E-state index in [0.717, 1.165) is 37.6 Å². The van der Waals surface area contributed by atoms with Crippen molar-refractivity contribution in [2.24, 2.45) is 4.99 Å². The maximum Gasteiger partial charge on any atom is 0.243 e. The van der Waals surface area contributed by atoms with Crippen LogP contribution in [0.25, 0.3) is 0 Å². The van der Waals surface area contributed by atoms with Gasteiger partial charge in [0.1, 0.15) is 18.2 Å². The fourth-order valence-electron chi connectivity index (χ4n) is 2.38. The molecule has 130 valence electrons. The fourth-order valence-corrected chi connectivity index (χ4v) is 2.38. The highest BCUT2D eigenvalue weighted by Gasteiger charge is 2.24. The Balaban J connectivity index is 0.00000264. The van der Waals surface area contributed by atoms with E-state index in [1.54, 1.807) is 14.1 Å². The van der Waals surface area contributed by atoms with Crippen molar-refractivity contribution in [2.45, 2.75) is 39.3 Å². The molecule has 0 saturated heterocycles. The molecule has 8 nitrogen and oxygen atoms in total. The number of likely N-dealkylation sites (N-methyl/N-ethyl adjacent to an activating group) is 1. The first-order valence-electron chi connectivity index (χ1n) is 7.67. The van der Waals surface area contributed by atoms with Crippen LogP contribution in [0, 0.1) is 6.92 Å². The van der Waals surface area contributed by atoms with E-state index in [4.69, 9.17) is 0 Å². The number of guanidine groups is 1. The number of hydrogen-bond donors (Lipinski definition) is 2. The van der Waals surface area contributed by atoms with E-state index in [0.29, 0.717) is 5.96 Å². The molecule has 1 aliphatic rings. The van der Waals surface area contributed by atoms with E-state index in [-0.39, 0.29) is 42.5 Å². The number of nitrogens with one attached hydrogen (secondary N) is 2. The van der Waals surface area contributed by atoms with Gasteiger partial charge >= 0.3 is 0 Å². The molecule has 2 N–H and O–H groups in total. The maximum atomic E-state index is 11.7. The summed E-state index contributed by atoms with van der Waals surface area (Å²) in [5.74, 6) is 2.33. The summed E-state index contributed by atoms with van der Waals surface area (Å²) in [6.07, 6.45) is 2.02. The number of aliphatic imine (C=N–C) groups is 1. The van der Waals surface area contributed by atoms with Crippen LogP contribution in [0.5, 0.6) is 0 Å². The Bertz CT molecular complexity index is 555. The summed E-state index contributed by atoms with van der Waals surface area (Å²) < 4.78 is 1.95. The van der Waals surface area contributed by atoms with E-state index < -0.39 is 0 Å². The van der Waals surface area contributed by atoms with E-state index in [2.05, 4.69) is 25.7 Å². The number of halogens is 1. The van der Waals surface area contributed by atoms with E-state index in [9.17, 15) is 4.79 Å². The number of fused-ring (bicyclic) bond motifs is 1. The second-order valence-corrected chi connectivity index (χ2v) is 5.56. The molecule has 1 unspecified atom stereocenters. The quantitative estimate of drug-likeness (QED) is 0.413. The number of hydrogen-bond acceptors (Lipinski definition) is 4. The van der Waals surface area contributed by atoms with Crippen LogP contribution >= 0.6 is 24.0 Å². The molecule has 0 bridgehead atoms. The smallest absolute Gasteiger partial charge is 0.243 e. The van der Waals surface area contributed by atoms with Crippen molar-refractivity contribution in [3.05, 3.63) is 11.6 Å². The minimum Gasteiger partial charge on any atom is -0.357 e. The van der Waals surface area contributed by atoms with Gasteiger partial charge in [-0.05, 0) is 26.7 Å². The highest BCUT2D eigenvalue weighted by Crippen LogP contribution is 2.22. The molecule has 9 heteroatoms. The third-order valence-electron chi connectivity index (χ3n) is 3.51. The first kappa shape index (κ1) is 19.7. The molecule has 1 aromatic heterocycles. The summed E-state index contributed by atoms with van der Waals surface area (Å²) in [5, 5.41) is 10.9. The van der Waals surface area contributed by atoms with Crippen molar-refractivity contribution in [1.82, 2.24) is 30.3 Å². The highest BCUT2D eigenvalue weighted by molar-refractivity contribution is 14.0. The Morgan fingerprint density at radius 2 is 2.22 bits per heavy atom. The average Bonchev–Trinajstić information content (AvgIpc) is 2.85. The first-order valence-corrected chi connectivity index (χ1v) is 7.67. The van der Waals surface area contributed by atoms with E-state index in [1.807, 2.05) is 18.5 Å². The van der Waals surface area contributed by atoms with Crippen LogP contribution in [-0.4, -0.2) is 58.7 Å². The predicted octanol–water partition coefficient (Wildman–Crippen LogP) is 0.683. The lowest BCUT2D eigenvalue weighted by Gasteiger charge is -2.25. The summed E-state index contributed by atoms with van der Waals surface area (Å²) in [7, 11) is 3.45. The van der Waals surface area contributed by atoms with Crippen molar-refractivity contribution in [1.29, 1.82) is 0 Å². The van der Waals surface area contributed by atoms with E-state index >= 15 is 0 Å². The zero-order chi connectivity index (χ0) is 16.1.